The van der Waals surface area contributed by atoms with Crippen LogP contribution in [0.1, 0.15) is 22.7 Å². The normalized spacial score (nSPS) is 19.0. The topological polar surface area (TPSA) is 149 Å². The molecule has 9 heteroatoms. The van der Waals surface area contributed by atoms with Crippen LogP contribution in [0.4, 0.5) is 5.69 Å². The summed E-state index contributed by atoms with van der Waals surface area (Å²) >= 11 is 0. The molecule has 0 radical (unpaired) electrons. The van der Waals surface area contributed by atoms with Crippen LogP contribution < -0.4 is 11.5 Å². The number of nitrogens with two attached hydrogens (primary N) is 2. The minimum Gasteiger partial charge on any atom is -0.399 e. The molecule has 148 valence electrons. The molecule has 3 aromatic rings. The number of benzene rings is 1. The summed E-state index contributed by atoms with van der Waals surface area (Å²) in [5, 5.41) is 14.7. The summed E-state index contributed by atoms with van der Waals surface area (Å²) in [6.45, 7) is 0.435. The highest BCUT2D eigenvalue weighted by molar-refractivity contribution is 5.92. The van der Waals surface area contributed by atoms with Gasteiger partial charge in [-0.25, -0.2) is 4.98 Å². The Morgan fingerprint density at radius 3 is 2.59 bits per heavy atom. The molecule has 1 fully saturated rings. The Bertz CT molecular complexity index is 1130. The van der Waals surface area contributed by atoms with Crippen molar-refractivity contribution in [1.29, 1.82) is 0 Å². The fraction of sp³-hybridized carbons (Fsp3) is 0.200. The van der Waals surface area contributed by atoms with Gasteiger partial charge in [-0.05, 0) is 18.2 Å². The van der Waals surface area contributed by atoms with Crippen LogP contribution in [0.25, 0.3) is 22.5 Å². The fourth-order valence-corrected chi connectivity index (χ4v) is 3.35. The number of aliphatic hydroxyl groups is 1. The second-order valence-electron chi connectivity index (χ2n) is 7.03. The number of rotatable bonds is 4. The Morgan fingerprint density at radius 2 is 1.93 bits per heavy atom. The number of likely N-dealkylation sites (N-methyl/N-ethyl adjacent to an activating group) is 1. The van der Waals surface area contributed by atoms with Gasteiger partial charge in [0.1, 0.15) is 11.4 Å². The second kappa shape index (κ2) is 6.71. The maximum Gasteiger partial charge on any atom is 0.267 e. The first kappa shape index (κ1) is 18.6. The lowest BCUT2D eigenvalue weighted by Crippen LogP contribution is -2.35. The molecule has 1 aliphatic heterocycles. The van der Waals surface area contributed by atoms with Crippen LogP contribution in [0.3, 0.4) is 0 Å². The van der Waals surface area contributed by atoms with E-state index in [1.165, 1.54) is 11.0 Å². The van der Waals surface area contributed by atoms with Crippen molar-refractivity contribution >= 4 is 17.5 Å². The smallest absolute Gasteiger partial charge is 0.267 e. The molecule has 0 unspecified atom stereocenters. The van der Waals surface area contributed by atoms with Crippen molar-refractivity contribution in [3.05, 3.63) is 53.9 Å². The highest BCUT2D eigenvalue weighted by atomic mass is 16.5. The second-order valence-corrected chi connectivity index (χ2v) is 7.03. The quantitative estimate of drug-likeness (QED) is 0.601. The highest BCUT2D eigenvalue weighted by Gasteiger charge is 2.48. The number of carbonyl (C=O) groups is 2. The summed E-state index contributed by atoms with van der Waals surface area (Å²) in [6, 6.07) is 11.8. The third-order valence-electron chi connectivity index (χ3n) is 4.98. The Balaban J connectivity index is 1.70. The number of hydrogen-bond acceptors (Lipinski definition) is 7. The average Bonchev–Trinajstić information content (AvgIpc) is 3.30. The average molecular weight is 393 g/mol. The molecule has 1 saturated heterocycles. The molecule has 5 N–H and O–H groups in total. The van der Waals surface area contributed by atoms with Crippen molar-refractivity contribution in [3.63, 3.8) is 0 Å². The number of pyridine rings is 1. The lowest BCUT2D eigenvalue weighted by Gasteiger charge is -2.16. The molecule has 0 aliphatic carbocycles. The molecule has 2 amide bonds. The van der Waals surface area contributed by atoms with Gasteiger partial charge in [0.25, 0.3) is 11.8 Å². The van der Waals surface area contributed by atoms with Crippen molar-refractivity contribution in [2.45, 2.75) is 12.0 Å². The van der Waals surface area contributed by atoms with Crippen LogP contribution in [0.5, 0.6) is 0 Å². The van der Waals surface area contributed by atoms with Gasteiger partial charge in [-0.15, -0.1) is 0 Å². The van der Waals surface area contributed by atoms with E-state index in [-0.39, 0.29) is 17.9 Å². The maximum absolute atomic E-state index is 12.3. The zero-order chi connectivity index (χ0) is 20.8. The molecule has 2 aromatic heterocycles. The predicted molar refractivity (Wildman–Crippen MR) is 104 cm³/mol. The highest BCUT2D eigenvalue weighted by Crippen LogP contribution is 2.35. The van der Waals surface area contributed by atoms with E-state index in [1.807, 2.05) is 0 Å². The number of hydrogen-bond donors (Lipinski definition) is 3. The van der Waals surface area contributed by atoms with Crippen LogP contribution in [0.2, 0.25) is 0 Å². The molecule has 0 bridgehead atoms. The maximum atomic E-state index is 12.3. The number of aromatic nitrogens is 2. The van der Waals surface area contributed by atoms with E-state index in [0.717, 1.165) is 0 Å². The van der Waals surface area contributed by atoms with Crippen LogP contribution in [-0.4, -0.2) is 45.6 Å². The number of amides is 2. The van der Waals surface area contributed by atoms with Crippen LogP contribution in [0.15, 0.2) is 47.0 Å². The van der Waals surface area contributed by atoms with Gasteiger partial charge in [0, 0.05) is 42.9 Å². The molecule has 4 rings (SSSR count). The van der Waals surface area contributed by atoms with Gasteiger partial charge in [0.15, 0.2) is 5.76 Å². The first-order chi connectivity index (χ1) is 13.8. The molecule has 0 saturated carbocycles. The number of primary amides is 1. The standard InChI is InChI=1S/C20H19N5O4/c1-25-6-5-20(28,19(25)27)17-10-15(24-29-17)12-4-2-3-11(7-12)14-8-13(21)9-16(23-14)18(22)26/h2-4,7-10,28H,5-6H2,1H3,(H2,21,23)(H2,22,26)/t20-/m1/s1. The lowest BCUT2D eigenvalue weighted by molar-refractivity contribution is -0.144. The van der Waals surface area contributed by atoms with Crippen molar-refractivity contribution in [2.75, 3.05) is 19.3 Å². The minimum atomic E-state index is -1.70. The number of carbonyl (C=O) groups excluding carboxylic acids is 2. The van der Waals surface area contributed by atoms with Crippen molar-refractivity contribution in [2.24, 2.45) is 5.73 Å². The van der Waals surface area contributed by atoms with Gasteiger partial charge < -0.3 is 26.0 Å². The van der Waals surface area contributed by atoms with Crippen molar-refractivity contribution < 1.29 is 19.2 Å². The van der Waals surface area contributed by atoms with E-state index in [2.05, 4.69) is 10.1 Å². The molecule has 1 atom stereocenters. The number of likely N-dealkylation sites (tertiary alicyclic amines) is 1. The summed E-state index contributed by atoms with van der Waals surface area (Å²) in [5.74, 6) is -0.988. The van der Waals surface area contributed by atoms with Crippen LogP contribution in [-0.2, 0) is 10.4 Å². The third kappa shape index (κ3) is 3.21. The minimum absolute atomic E-state index is 0.0696. The number of nitrogens with zero attached hydrogens (tertiary/aromatic N) is 3. The molecular weight excluding hydrogens is 374 g/mol. The Morgan fingerprint density at radius 1 is 1.21 bits per heavy atom. The molecule has 29 heavy (non-hydrogen) atoms. The summed E-state index contributed by atoms with van der Waals surface area (Å²) in [4.78, 5) is 29.4. The Kier molecular flexibility index (Phi) is 4.31. The van der Waals surface area contributed by atoms with Gasteiger partial charge >= 0.3 is 0 Å². The molecular formula is C20H19N5O4. The fourth-order valence-electron chi connectivity index (χ4n) is 3.35. The van der Waals surface area contributed by atoms with E-state index >= 15 is 0 Å². The molecule has 0 spiro atoms. The Labute approximate surface area is 165 Å². The Hall–Kier alpha value is -3.72. The van der Waals surface area contributed by atoms with Crippen LogP contribution >= 0.6 is 0 Å². The molecule has 1 aliphatic rings. The zero-order valence-electron chi connectivity index (χ0n) is 15.6. The van der Waals surface area contributed by atoms with E-state index in [4.69, 9.17) is 16.0 Å². The summed E-state index contributed by atoms with van der Waals surface area (Å²) in [5.41, 5.74) is 12.2. The van der Waals surface area contributed by atoms with Gasteiger partial charge in [0.05, 0.1) is 5.69 Å². The summed E-state index contributed by atoms with van der Waals surface area (Å²) in [7, 11) is 1.62. The number of anilines is 1. The van der Waals surface area contributed by atoms with Gasteiger partial charge in [0.2, 0.25) is 5.60 Å². The largest absolute Gasteiger partial charge is 0.399 e. The third-order valence-corrected chi connectivity index (χ3v) is 4.98. The summed E-state index contributed by atoms with van der Waals surface area (Å²) in [6.07, 6.45) is 0.236. The first-order valence-electron chi connectivity index (χ1n) is 8.91. The van der Waals surface area contributed by atoms with Crippen molar-refractivity contribution in [3.8, 4) is 22.5 Å². The van der Waals surface area contributed by atoms with E-state index in [9.17, 15) is 14.7 Å². The van der Waals surface area contributed by atoms with Crippen molar-refractivity contribution in [1.82, 2.24) is 15.0 Å². The van der Waals surface area contributed by atoms with Gasteiger partial charge in [-0.1, -0.05) is 23.4 Å². The summed E-state index contributed by atoms with van der Waals surface area (Å²) < 4.78 is 5.30. The molecule has 1 aromatic carbocycles. The van der Waals surface area contributed by atoms with Gasteiger partial charge in [-0.2, -0.15) is 0 Å². The number of nitrogen functional groups attached to an aromatic ring is 1. The lowest BCUT2D eigenvalue weighted by atomic mass is 9.97. The molecule has 9 nitrogen and oxygen atoms in total. The zero-order valence-corrected chi connectivity index (χ0v) is 15.6. The SMILES string of the molecule is CN1CC[C@@](O)(c2cc(-c3cccc(-c4cc(N)cc(C(N)=O)n4)c3)no2)C1=O. The first-order valence-corrected chi connectivity index (χ1v) is 8.91. The predicted octanol–water partition coefficient (Wildman–Crippen LogP) is 1.13. The van der Waals surface area contributed by atoms with E-state index < -0.39 is 17.4 Å². The van der Waals surface area contributed by atoms with Gasteiger partial charge in [-0.3, -0.25) is 9.59 Å². The van der Waals surface area contributed by atoms with E-state index in [0.29, 0.717) is 34.7 Å². The monoisotopic (exact) mass is 393 g/mol. The van der Waals surface area contributed by atoms with E-state index in [1.54, 1.807) is 43.4 Å². The molecule has 3 heterocycles. The van der Waals surface area contributed by atoms with Crippen LogP contribution in [0, 0.1) is 0 Å².